The van der Waals surface area contributed by atoms with E-state index in [0.717, 1.165) is 44.5 Å². The maximum Gasteiger partial charge on any atom is 0.330 e. The van der Waals surface area contributed by atoms with Crippen LogP contribution in [0.5, 0.6) is 11.5 Å². The topological polar surface area (TPSA) is 71.1 Å². The molecule has 1 heterocycles. The Morgan fingerprint density at radius 2 is 1.08 bits per heavy atom. The van der Waals surface area contributed by atoms with E-state index in [9.17, 15) is 9.59 Å². The van der Waals surface area contributed by atoms with E-state index in [1.54, 1.807) is 11.3 Å². The minimum Gasteiger partial charge on any atom is -0.490 e. The standard InChI is InChI=1S/C30H24O6S/c1-3-27(31)35-15-13-33-21-9-5-19-7-11-25-29(23(19)17-21)30-24-18-22(34-14-16-36-28(32)4-2)10-6-20(24)8-12-26(30)37-25/h3-12,17-18H,1-2,13-16H2. The normalized spacial score (nSPS) is 11.0. The molecule has 7 heteroatoms. The van der Waals surface area contributed by atoms with Gasteiger partial charge < -0.3 is 18.9 Å². The van der Waals surface area contributed by atoms with Gasteiger partial charge in [0, 0.05) is 32.3 Å². The lowest BCUT2D eigenvalue weighted by Crippen LogP contribution is -2.10. The molecule has 0 aliphatic rings. The fourth-order valence-electron chi connectivity index (χ4n) is 4.26. The summed E-state index contributed by atoms with van der Waals surface area (Å²) in [5.41, 5.74) is 0. The number of fused-ring (bicyclic) bond motifs is 7. The number of rotatable bonds is 10. The Hall–Kier alpha value is -4.36. The number of esters is 2. The second-order valence-electron chi connectivity index (χ2n) is 8.19. The first-order valence-corrected chi connectivity index (χ1v) is 12.5. The van der Waals surface area contributed by atoms with Crippen molar-refractivity contribution in [2.45, 2.75) is 0 Å². The number of carbonyl (C=O) groups excluding carboxylic acids is 2. The van der Waals surface area contributed by atoms with Crippen molar-refractivity contribution < 1.29 is 28.5 Å². The summed E-state index contributed by atoms with van der Waals surface area (Å²) < 4.78 is 24.1. The molecule has 6 nitrogen and oxygen atoms in total. The highest BCUT2D eigenvalue weighted by molar-refractivity contribution is 7.26. The lowest BCUT2D eigenvalue weighted by molar-refractivity contribution is -0.139. The molecule has 5 aromatic rings. The third-order valence-electron chi connectivity index (χ3n) is 5.91. The van der Waals surface area contributed by atoms with Crippen molar-refractivity contribution in [3.8, 4) is 11.5 Å². The van der Waals surface area contributed by atoms with E-state index in [2.05, 4.69) is 37.4 Å². The van der Waals surface area contributed by atoms with Gasteiger partial charge >= 0.3 is 11.9 Å². The molecule has 0 saturated heterocycles. The highest BCUT2D eigenvalue weighted by atomic mass is 32.1. The molecule has 0 unspecified atom stereocenters. The minimum absolute atomic E-state index is 0.147. The van der Waals surface area contributed by atoms with Crippen LogP contribution in [0.4, 0.5) is 0 Å². The molecule has 0 aliphatic carbocycles. The number of hydrogen-bond donors (Lipinski definition) is 0. The smallest absolute Gasteiger partial charge is 0.330 e. The number of thiophene rings is 1. The summed E-state index contributed by atoms with van der Waals surface area (Å²) in [5, 5.41) is 6.68. The van der Waals surface area contributed by atoms with Gasteiger partial charge in [-0.2, -0.15) is 0 Å². The summed E-state index contributed by atoms with van der Waals surface area (Å²) in [7, 11) is 0. The molecule has 0 bridgehead atoms. The maximum atomic E-state index is 11.3. The average Bonchev–Trinajstić information content (AvgIpc) is 3.32. The molecule has 0 fully saturated rings. The van der Waals surface area contributed by atoms with E-state index in [1.165, 1.54) is 9.40 Å². The van der Waals surface area contributed by atoms with Crippen LogP contribution in [0.2, 0.25) is 0 Å². The molecular formula is C30H24O6S. The molecule has 0 N–H and O–H groups in total. The van der Waals surface area contributed by atoms with Gasteiger partial charge in [-0.05, 0) is 57.9 Å². The van der Waals surface area contributed by atoms with E-state index < -0.39 is 11.9 Å². The second kappa shape index (κ2) is 10.7. The number of carbonyl (C=O) groups is 2. The van der Waals surface area contributed by atoms with E-state index >= 15 is 0 Å². The third kappa shape index (κ3) is 5.13. The Balaban J connectivity index is 1.52. The van der Waals surface area contributed by atoms with Crippen LogP contribution in [0.3, 0.4) is 0 Å². The van der Waals surface area contributed by atoms with Gasteiger partial charge in [0.1, 0.15) is 37.9 Å². The summed E-state index contributed by atoms with van der Waals surface area (Å²) >= 11 is 1.74. The van der Waals surface area contributed by atoms with Crippen LogP contribution in [0, 0.1) is 0 Å². The predicted molar refractivity (Wildman–Crippen MR) is 148 cm³/mol. The Kier molecular flexibility index (Phi) is 7.05. The Labute approximate surface area is 217 Å². The van der Waals surface area contributed by atoms with Gasteiger partial charge in [0.05, 0.1) is 0 Å². The molecule has 0 saturated carbocycles. The zero-order chi connectivity index (χ0) is 25.8. The van der Waals surface area contributed by atoms with Crippen molar-refractivity contribution in [3.63, 3.8) is 0 Å². The van der Waals surface area contributed by atoms with Gasteiger partial charge in [0.15, 0.2) is 0 Å². The van der Waals surface area contributed by atoms with Crippen LogP contribution >= 0.6 is 11.3 Å². The molecule has 37 heavy (non-hydrogen) atoms. The largest absolute Gasteiger partial charge is 0.490 e. The summed E-state index contributed by atoms with van der Waals surface area (Å²) in [5.74, 6) is 0.461. The molecule has 0 spiro atoms. The van der Waals surface area contributed by atoms with Crippen LogP contribution in [0.25, 0.3) is 41.7 Å². The monoisotopic (exact) mass is 512 g/mol. The predicted octanol–water partition coefficient (Wildman–Crippen LogP) is 6.58. The van der Waals surface area contributed by atoms with Crippen molar-refractivity contribution in [1.82, 2.24) is 0 Å². The first-order valence-electron chi connectivity index (χ1n) is 11.7. The van der Waals surface area contributed by atoms with E-state index in [0.29, 0.717) is 11.5 Å². The van der Waals surface area contributed by atoms with Gasteiger partial charge in [-0.1, -0.05) is 37.4 Å². The lowest BCUT2D eigenvalue weighted by Gasteiger charge is -2.10. The average molecular weight is 513 g/mol. The number of benzene rings is 4. The molecule has 0 amide bonds. The van der Waals surface area contributed by atoms with Crippen molar-refractivity contribution in [2.75, 3.05) is 26.4 Å². The fraction of sp³-hybridized carbons (Fsp3) is 0.133. The van der Waals surface area contributed by atoms with Crippen LogP contribution in [-0.2, 0) is 19.1 Å². The van der Waals surface area contributed by atoms with Gasteiger partial charge in [0.2, 0.25) is 0 Å². The van der Waals surface area contributed by atoms with Gasteiger partial charge in [-0.3, -0.25) is 0 Å². The van der Waals surface area contributed by atoms with Crippen LogP contribution in [-0.4, -0.2) is 38.4 Å². The SMILES string of the molecule is C=CC(=O)OCCOc1ccc2ccc3sc4ccc5ccc(OCCOC(=O)C=C)cc5c4c3c2c1. The van der Waals surface area contributed by atoms with Crippen molar-refractivity contribution in [2.24, 2.45) is 0 Å². The fourth-order valence-corrected chi connectivity index (χ4v) is 5.40. The summed E-state index contributed by atoms with van der Waals surface area (Å²) in [6.45, 7) is 7.57. The van der Waals surface area contributed by atoms with Crippen LogP contribution in [0.15, 0.2) is 86.0 Å². The van der Waals surface area contributed by atoms with E-state index in [1.807, 2.05) is 36.4 Å². The lowest BCUT2D eigenvalue weighted by atomic mass is 9.99. The number of hydrogen-bond acceptors (Lipinski definition) is 7. The quantitative estimate of drug-likeness (QED) is 0.120. The third-order valence-corrected chi connectivity index (χ3v) is 7.03. The molecule has 186 valence electrons. The van der Waals surface area contributed by atoms with Crippen LogP contribution in [0.1, 0.15) is 0 Å². The summed E-state index contributed by atoms with van der Waals surface area (Å²) in [6.07, 6.45) is 2.26. The minimum atomic E-state index is -0.471. The Morgan fingerprint density at radius 3 is 1.51 bits per heavy atom. The zero-order valence-corrected chi connectivity index (χ0v) is 20.8. The van der Waals surface area contributed by atoms with Crippen molar-refractivity contribution >= 4 is 65.0 Å². The molecule has 5 rings (SSSR count). The summed E-state index contributed by atoms with van der Waals surface area (Å²) in [6, 6.07) is 20.5. The Bertz CT molecular complexity index is 1540. The zero-order valence-electron chi connectivity index (χ0n) is 20.0. The molecule has 4 aromatic carbocycles. The molecule has 1 aromatic heterocycles. The Morgan fingerprint density at radius 1 is 0.649 bits per heavy atom. The van der Waals surface area contributed by atoms with Gasteiger partial charge in [-0.15, -0.1) is 11.3 Å². The summed E-state index contributed by atoms with van der Waals surface area (Å²) in [4.78, 5) is 22.5. The van der Waals surface area contributed by atoms with Crippen molar-refractivity contribution in [1.29, 1.82) is 0 Å². The van der Waals surface area contributed by atoms with Crippen LogP contribution < -0.4 is 9.47 Å². The number of ether oxygens (including phenoxy) is 4. The van der Waals surface area contributed by atoms with Gasteiger partial charge in [-0.25, -0.2) is 9.59 Å². The van der Waals surface area contributed by atoms with Gasteiger partial charge in [0.25, 0.3) is 0 Å². The highest BCUT2D eigenvalue weighted by Gasteiger charge is 2.13. The first-order chi connectivity index (χ1) is 18.1. The van der Waals surface area contributed by atoms with Crippen molar-refractivity contribution in [3.05, 3.63) is 86.0 Å². The maximum absolute atomic E-state index is 11.3. The second-order valence-corrected chi connectivity index (χ2v) is 9.27. The molecule has 0 radical (unpaired) electrons. The van der Waals surface area contributed by atoms with E-state index in [4.69, 9.17) is 18.9 Å². The molecule has 0 aliphatic heterocycles. The highest BCUT2D eigenvalue weighted by Crippen LogP contribution is 2.43. The molecule has 0 atom stereocenters. The molecular weight excluding hydrogens is 488 g/mol. The first kappa shape index (κ1) is 24.3. The van der Waals surface area contributed by atoms with E-state index in [-0.39, 0.29) is 26.4 Å².